The highest BCUT2D eigenvalue weighted by Crippen LogP contribution is 2.30. The maximum atomic E-state index is 14.4. The molecular weight excluding hydrogens is 303 g/mol. The second-order valence-electron chi connectivity index (χ2n) is 5.63. The molecule has 2 N–H and O–H groups in total. The van der Waals surface area contributed by atoms with Crippen LogP contribution < -0.4 is 10.6 Å². The van der Waals surface area contributed by atoms with Crippen LogP contribution in [-0.2, 0) is 4.79 Å². The molecule has 0 heterocycles. The molecule has 1 atom stereocenters. The summed E-state index contributed by atoms with van der Waals surface area (Å²) >= 11 is 0. The molecule has 0 spiro atoms. The predicted molar refractivity (Wildman–Crippen MR) is 97.4 cm³/mol. The zero-order valence-corrected chi connectivity index (χ0v) is 14.1. The number of anilines is 1. The maximum absolute atomic E-state index is 14.4. The lowest BCUT2D eigenvalue weighted by molar-refractivity contribution is -0.118. The fraction of sp³-hybridized carbons (Fsp3) is 0.250. The molecule has 1 unspecified atom stereocenters. The van der Waals surface area contributed by atoms with Crippen LogP contribution >= 0.6 is 0 Å². The van der Waals surface area contributed by atoms with Gasteiger partial charge in [0, 0.05) is 5.56 Å². The van der Waals surface area contributed by atoms with Crippen molar-refractivity contribution in [3.8, 4) is 0 Å². The summed E-state index contributed by atoms with van der Waals surface area (Å²) in [5, 5.41) is 5.69. The molecule has 0 saturated carbocycles. The summed E-state index contributed by atoms with van der Waals surface area (Å²) in [6, 6.07) is 13.9. The molecule has 2 aromatic carbocycles. The smallest absolute Gasteiger partial charge is 0.241 e. The van der Waals surface area contributed by atoms with E-state index in [4.69, 9.17) is 0 Å². The number of carbonyl (C=O) groups is 1. The van der Waals surface area contributed by atoms with Crippen LogP contribution in [0, 0.1) is 5.82 Å². The average molecular weight is 326 g/mol. The molecule has 2 aromatic rings. The summed E-state index contributed by atoms with van der Waals surface area (Å²) in [6.45, 7) is 6.08. The molecule has 24 heavy (non-hydrogen) atoms. The monoisotopic (exact) mass is 326 g/mol. The quantitative estimate of drug-likeness (QED) is 0.800. The number of halogens is 1. The Bertz CT molecular complexity index is 713. The second kappa shape index (κ2) is 8.41. The van der Waals surface area contributed by atoms with Crippen LogP contribution in [0.2, 0.25) is 0 Å². The molecular formula is C20H23FN2O. The van der Waals surface area contributed by atoms with Crippen molar-refractivity contribution < 1.29 is 9.18 Å². The number of nitrogens with one attached hydrogen (secondary N) is 2. The van der Waals surface area contributed by atoms with Gasteiger partial charge in [0.05, 0.1) is 11.7 Å². The summed E-state index contributed by atoms with van der Waals surface area (Å²) in [5.41, 5.74) is 2.31. The molecule has 0 aromatic heterocycles. The number of para-hydroxylation sites is 1. The largest absolute Gasteiger partial charge is 0.322 e. The van der Waals surface area contributed by atoms with Crippen LogP contribution in [0.5, 0.6) is 0 Å². The standard InChI is InChI=1S/C20H23FN2O/c1-4-9-18(22-3)20(24)23-19-16(12-8-13-17(19)21)14(2)15-10-6-5-7-11-15/h5-8,10-13,18,22H,2,4,9H2,1,3H3,(H,23,24). The minimum Gasteiger partial charge on any atom is -0.322 e. The molecule has 1 amide bonds. The zero-order valence-electron chi connectivity index (χ0n) is 14.1. The normalized spacial score (nSPS) is 11.8. The SMILES string of the molecule is C=C(c1ccccc1)c1cccc(F)c1NC(=O)C(CCC)NC. The summed E-state index contributed by atoms with van der Waals surface area (Å²) in [7, 11) is 1.73. The van der Waals surface area contributed by atoms with Crippen molar-refractivity contribution in [1.29, 1.82) is 0 Å². The van der Waals surface area contributed by atoms with Crippen molar-refractivity contribution in [2.45, 2.75) is 25.8 Å². The Morgan fingerprint density at radius 2 is 1.88 bits per heavy atom. The lowest BCUT2D eigenvalue weighted by atomic mass is 9.97. The predicted octanol–water partition coefficient (Wildman–Crippen LogP) is 4.21. The first-order valence-electron chi connectivity index (χ1n) is 8.09. The van der Waals surface area contributed by atoms with Crippen LogP contribution in [0.4, 0.5) is 10.1 Å². The lowest BCUT2D eigenvalue weighted by Gasteiger charge is -2.18. The number of likely N-dealkylation sites (N-methyl/N-ethyl adjacent to an activating group) is 1. The fourth-order valence-corrected chi connectivity index (χ4v) is 2.60. The number of hydrogen-bond donors (Lipinski definition) is 2. The number of carbonyl (C=O) groups excluding carboxylic acids is 1. The summed E-state index contributed by atoms with van der Waals surface area (Å²) in [4.78, 5) is 12.4. The van der Waals surface area contributed by atoms with Gasteiger partial charge in [0.2, 0.25) is 5.91 Å². The second-order valence-corrected chi connectivity index (χ2v) is 5.63. The summed E-state index contributed by atoms with van der Waals surface area (Å²) < 4.78 is 14.4. The van der Waals surface area contributed by atoms with Gasteiger partial charge in [0.15, 0.2) is 0 Å². The van der Waals surface area contributed by atoms with Crippen molar-refractivity contribution >= 4 is 17.2 Å². The zero-order chi connectivity index (χ0) is 17.5. The van der Waals surface area contributed by atoms with E-state index in [1.807, 2.05) is 37.3 Å². The minimum absolute atomic E-state index is 0.174. The Morgan fingerprint density at radius 1 is 1.17 bits per heavy atom. The summed E-state index contributed by atoms with van der Waals surface area (Å²) in [5.74, 6) is -0.712. The Balaban J connectivity index is 2.34. The van der Waals surface area contributed by atoms with Gasteiger partial charge in [0.1, 0.15) is 5.82 Å². The molecule has 0 aliphatic rings. The number of amides is 1. The molecule has 0 bridgehead atoms. The molecule has 0 aliphatic heterocycles. The third kappa shape index (κ3) is 4.09. The fourth-order valence-electron chi connectivity index (χ4n) is 2.60. The Labute approximate surface area is 142 Å². The average Bonchev–Trinajstić information content (AvgIpc) is 2.61. The van der Waals surface area contributed by atoms with Gasteiger partial charge in [0.25, 0.3) is 0 Å². The van der Waals surface area contributed by atoms with Gasteiger partial charge in [-0.1, -0.05) is 62.4 Å². The molecule has 126 valence electrons. The Morgan fingerprint density at radius 3 is 2.50 bits per heavy atom. The van der Waals surface area contributed by atoms with Crippen molar-refractivity contribution in [2.24, 2.45) is 0 Å². The minimum atomic E-state index is -0.468. The van der Waals surface area contributed by atoms with E-state index in [9.17, 15) is 9.18 Å². The van der Waals surface area contributed by atoms with Gasteiger partial charge >= 0.3 is 0 Å². The van der Waals surface area contributed by atoms with E-state index in [0.717, 1.165) is 12.0 Å². The first-order valence-corrected chi connectivity index (χ1v) is 8.09. The number of rotatable bonds is 7. The Hall–Kier alpha value is -2.46. The first-order chi connectivity index (χ1) is 11.6. The first kappa shape index (κ1) is 17.9. The van der Waals surface area contributed by atoms with Crippen LogP contribution in [-0.4, -0.2) is 19.0 Å². The van der Waals surface area contributed by atoms with E-state index in [1.165, 1.54) is 6.07 Å². The molecule has 2 rings (SSSR count). The van der Waals surface area contributed by atoms with Gasteiger partial charge in [-0.3, -0.25) is 4.79 Å². The maximum Gasteiger partial charge on any atom is 0.241 e. The van der Waals surface area contributed by atoms with E-state index in [-0.39, 0.29) is 17.6 Å². The van der Waals surface area contributed by atoms with E-state index < -0.39 is 5.82 Å². The van der Waals surface area contributed by atoms with Gasteiger partial charge in [-0.25, -0.2) is 4.39 Å². The van der Waals surface area contributed by atoms with E-state index in [1.54, 1.807) is 19.2 Å². The van der Waals surface area contributed by atoms with Gasteiger partial charge in [-0.15, -0.1) is 0 Å². The van der Waals surface area contributed by atoms with Crippen molar-refractivity contribution in [1.82, 2.24) is 5.32 Å². The van der Waals surface area contributed by atoms with Crippen molar-refractivity contribution in [2.75, 3.05) is 12.4 Å². The van der Waals surface area contributed by atoms with Crippen molar-refractivity contribution in [3.63, 3.8) is 0 Å². The molecule has 3 nitrogen and oxygen atoms in total. The Kier molecular flexibility index (Phi) is 6.27. The topological polar surface area (TPSA) is 41.1 Å². The van der Waals surface area contributed by atoms with Crippen LogP contribution in [0.15, 0.2) is 55.1 Å². The van der Waals surface area contributed by atoms with E-state index >= 15 is 0 Å². The van der Waals surface area contributed by atoms with Gasteiger partial charge in [-0.05, 0) is 30.7 Å². The number of hydrogen-bond acceptors (Lipinski definition) is 2. The van der Waals surface area contributed by atoms with E-state index in [0.29, 0.717) is 17.6 Å². The van der Waals surface area contributed by atoms with Crippen LogP contribution in [0.25, 0.3) is 5.57 Å². The number of benzene rings is 2. The van der Waals surface area contributed by atoms with Gasteiger partial charge in [-0.2, -0.15) is 0 Å². The molecule has 4 heteroatoms. The molecule has 0 radical (unpaired) electrons. The third-order valence-electron chi connectivity index (χ3n) is 3.95. The molecule has 0 aliphatic carbocycles. The van der Waals surface area contributed by atoms with E-state index in [2.05, 4.69) is 17.2 Å². The third-order valence-corrected chi connectivity index (χ3v) is 3.95. The highest BCUT2D eigenvalue weighted by Gasteiger charge is 2.19. The molecule has 0 fully saturated rings. The highest BCUT2D eigenvalue weighted by molar-refractivity contribution is 5.98. The van der Waals surface area contributed by atoms with Gasteiger partial charge < -0.3 is 10.6 Å². The van der Waals surface area contributed by atoms with Crippen LogP contribution in [0.3, 0.4) is 0 Å². The van der Waals surface area contributed by atoms with Crippen LogP contribution in [0.1, 0.15) is 30.9 Å². The van der Waals surface area contributed by atoms with Crippen molar-refractivity contribution in [3.05, 3.63) is 72.1 Å². The lowest BCUT2D eigenvalue weighted by Crippen LogP contribution is -2.38. The molecule has 0 saturated heterocycles. The summed E-state index contributed by atoms with van der Waals surface area (Å²) in [6.07, 6.45) is 1.55. The highest BCUT2D eigenvalue weighted by atomic mass is 19.1.